The number of thioether (sulfide) groups is 1. The second kappa shape index (κ2) is 14.0. The molecule has 7 rings (SSSR count). The minimum absolute atomic E-state index is 0.0574. The number of rotatable bonds is 11. The highest BCUT2D eigenvalue weighted by Crippen LogP contribution is 2.39. The molecule has 4 aromatic heterocycles. The maximum atomic E-state index is 13.6. The van der Waals surface area contributed by atoms with Crippen LogP contribution >= 0.6 is 11.8 Å². The van der Waals surface area contributed by atoms with E-state index in [0.29, 0.717) is 28.6 Å². The van der Waals surface area contributed by atoms with Gasteiger partial charge in [-0.1, -0.05) is 19.1 Å². The lowest BCUT2D eigenvalue weighted by Crippen LogP contribution is -2.42. The molecule has 1 N–H and O–H groups in total. The van der Waals surface area contributed by atoms with Crippen molar-refractivity contribution >= 4 is 29.0 Å². The van der Waals surface area contributed by atoms with Gasteiger partial charge in [0.25, 0.3) is 5.91 Å². The van der Waals surface area contributed by atoms with Crippen molar-refractivity contribution in [3.05, 3.63) is 66.5 Å². The zero-order valence-electron chi connectivity index (χ0n) is 26.6. The predicted octanol–water partition coefficient (Wildman–Crippen LogP) is 5.01. The fourth-order valence-corrected chi connectivity index (χ4v) is 7.14. The number of amides is 1. The monoisotopic (exact) mass is 678 g/mol. The van der Waals surface area contributed by atoms with E-state index in [1.807, 2.05) is 24.7 Å². The summed E-state index contributed by atoms with van der Waals surface area (Å²) in [5.41, 5.74) is 2.18. The summed E-state index contributed by atoms with van der Waals surface area (Å²) in [6, 6.07) is 7.44. The Morgan fingerprint density at radius 1 is 1.17 bits per heavy atom. The number of benzene rings is 1. The summed E-state index contributed by atoms with van der Waals surface area (Å²) in [6.45, 7) is 4.88. The van der Waals surface area contributed by atoms with E-state index >= 15 is 0 Å². The highest BCUT2D eigenvalue weighted by Gasteiger charge is 2.29. The van der Waals surface area contributed by atoms with Crippen molar-refractivity contribution in [2.24, 2.45) is 0 Å². The number of fused-ring (bicyclic) bond motifs is 1. The van der Waals surface area contributed by atoms with Gasteiger partial charge in [-0.15, -0.1) is 16.9 Å². The number of nitrogens with one attached hydrogen (secondary N) is 1. The van der Waals surface area contributed by atoms with E-state index in [0.717, 1.165) is 50.5 Å². The molecule has 1 amide bonds. The number of carbonyl (C=O) groups is 1. The van der Waals surface area contributed by atoms with Gasteiger partial charge in [0, 0.05) is 60.0 Å². The molecule has 5 aromatic rings. The molecule has 0 aliphatic carbocycles. The van der Waals surface area contributed by atoms with Gasteiger partial charge in [0.1, 0.15) is 22.7 Å². The van der Waals surface area contributed by atoms with Crippen LogP contribution < -0.4 is 10.1 Å². The fourth-order valence-electron chi connectivity index (χ4n) is 6.26. The Morgan fingerprint density at radius 2 is 2.02 bits per heavy atom. The molecule has 1 atom stereocenters. The number of aromatic nitrogens is 8. The standard InChI is InChI=1S/C32H36F2N10O3S/c1-20(2)48-24-4-5-28(47-32(33)34)25(14-24)29-27(37-31(45)26-15-36-43-10-3-9-35-30(26)43)18-42(39-29)16-21-17-44(40-38-21)22-6-11-41(12-7-22)23-8-13-46-19-23/h3-5,9-10,14-15,17-18,20,22-23,32H,6-8,11-13,16,19H2,1-2H3,(H,37,45)/t23-/m1/s1. The van der Waals surface area contributed by atoms with Crippen LogP contribution in [-0.2, 0) is 11.3 Å². The van der Waals surface area contributed by atoms with Crippen LogP contribution in [0.5, 0.6) is 5.75 Å². The van der Waals surface area contributed by atoms with Crippen molar-refractivity contribution < 1.29 is 23.0 Å². The molecule has 252 valence electrons. The highest BCUT2D eigenvalue weighted by atomic mass is 32.2. The summed E-state index contributed by atoms with van der Waals surface area (Å²) in [5, 5.41) is 21.0. The fraction of sp³-hybridized carbons (Fsp3) is 0.438. The molecule has 13 nitrogen and oxygen atoms in total. The maximum Gasteiger partial charge on any atom is 0.387 e. The first-order chi connectivity index (χ1) is 23.3. The van der Waals surface area contributed by atoms with Crippen molar-refractivity contribution in [2.75, 3.05) is 31.6 Å². The van der Waals surface area contributed by atoms with Crippen molar-refractivity contribution in [1.29, 1.82) is 0 Å². The van der Waals surface area contributed by atoms with Gasteiger partial charge in [-0.3, -0.25) is 14.4 Å². The Hall–Kier alpha value is -4.41. The van der Waals surface area contributed by atoms with E-state index in [9.17, 15) is 13.6 Å². The molecule has 1 aromatic carbocycles. The minimum Gasteiger partial charge on any atom is -0.434 e. The molecule has 2 saturated heterocycles. The van der Waals surface area contributed by atoms with Crippen LogP contribution in [0.25, 0.3) is 16.9 Å². The molecule has 2 aliphatic heterocycles. The van der Waals surface area contributed by atoms with Crippen molar-refractivity contribution in [3.8, 4) is 17.0 Å². The Bertz CT molecular complexity index is 1880. The number of ether oxygens (including phenoxy) is 2. The van der Waals surface area contributed by atoms with E-state index in [4.69, 9.17) is 14.6 Å². The van der Waals surface area contributed by atoms with Crippen LogP contribution in [0.1, 0.15) is 55.2 Å². The normalized spacial score (nSPS) is 17.6. The largest absolute Gasteiger partial charge is 0.434 e. The van der Waals surface area contributed by atoms with E-state index in [1.165, 1.54) is 16.8 Å². The van der Waals surface area contributed by atoms with Crippen LogP contribution in [0.3, 0.4) is 0 Å². The summed E-state index contributed by atoms with van der Waals surface area (Å²) < 4.78 is 42.6. The van der Waals surface area contributed by atoms with Crippen LogP contribution in [0.2, 0.25) is 0 Å². The molecule has 16 heteroatoms. The zero-order chi connectivity index (χ0) is 33.2. The number of halogens is 2. The lowest BCUT2D eigenvalue weighted by Gasteiger charge is -2.35. The Labute approximate surface area is 279 Å². The van der Waals surface area contributed by atoms with E-state index in [-0.39, 0.29) is 34.8 Å². The summed E-state index contributed by atoms with van der Waals surface area (Å²) in [7, 11) is 0. The molecule has 6 heterocycles. The van der Waals surface area contributed by atoms with Crippen LogP contribution in [-0.4, -0.2) is 94.4 Å². The third-order valence-corrected chi connectivity index (χ3v) is 9.50. The Balaban J connectivity index is 1.17. The van der Waals surface area contributed by atoms with Gasteiger partial charge in [-0.05, 0) is 43.5 Å². The Morgan fingerprint density at radius 3 is 2.79 bits per heavy atom. The first-order valence-corrected chi connectivity index (χ1v) is 16.8. The zero-order valence-corrected chi connectivity index (χ0v) is 27.4. The van der Waals surface area contributed by atoms with Gasteiger partial charge in [-0.2, -0.15) is 19.0 Å². The molecule has 0 bridgehead atoms. The topological polar surface area (TPSA) is 130 Å². The van der Waals surface area contributed by atoms with Crippen molar-refractivity contribution in [3.63, 3.8) is 0 Å². The van der Waals surface area contributed by atoms with Crippen LogP contribution in [0.15, 0.2) is 60.1 Å². The van der Waals surface area contributed by atoms with Gasteiger partial charge in [0.15, 0.2) is 5.65 Å². The molecule has 2 aliphatic rings. The second-order valence-electron chi connectivity index (χ2n) is 12.2. The summed E-state index contributed by atoms with van der Waals surface area (Å²) >= 11 is 1.57. The van der Waals surface area contributed by atoms with E-state index < -0.39 is 12.5 Å². The van der Waals surface area contributed by atoms with Gasteiger partial charge in [0.05, 0.1) is 37.3 Å². The van der Waals surface area contributed by atoms with Crippen molar-refractivity contribution in [2.45, 2.75) is 68.5 Å². The molecule has 0 radical (unpaired) electrons. The molecular weight excluding hydrogens is 642 g/mol. The second-order valence-corrected chi connectivity index (χ2v) is 13.8. The number of hydrogen-bond acceptors (Lipinski definition) is 10. The number of likely N-dealkylation sites (tertiary alicyclic amines) is 1. The molecule has 0 saturated carbocycles. The van der Waals surface area contributed by atoms with Gasteiger partial charge in [0.2, 0.25) is 0 Å². The average Bonchev–Trinajstić information content (AvgIpc) is 3.89. The number of anilines is 1. The SMILES string of the molecule is CC(C)Sc1ccc(OC(F)F)c(-c2nn(Cc3cn(C4CCN([C@@H]5CCOC5)CC4)nn3)cc2NC(=O)c2cnn3cccnc23)c1. The minimum atomic E-state index is -3.05. The number of piperidine rings is 1. The predicted molar refractivity (Wildman–Crippen MR) is 174 cm³/mol. The summed E-state index contributed by atoms with van der Waals surface area (Å²) in [5.74, 6) is -0.534. The summed E-state index contributed by atoms with van der Waals surface area (Å²) in [6.07, 6.45) is 11.3. The summed E-state index contributed by atoms with van der Waals surface area (Å²) in [4.78, 5) is 21.2. The molecule has 0 unspecified atom stereocenters. The molecule has 0 spiro atoms. The first kappa shape index (κ1) is 32.2. The maximum absolute atomic E-state index is 13.6. The molecule has 2 fully saturated rings. The lowest BCUT2D eigenvalue weighted by molar-refractivity contribution is -0.0494. The Kier molecular flexibility index (Phi) is 9.36. The molecular formula is C32H36F2N10O3S. The van der Waals surface area contributed by atoms with Crippen LogP contribution in [0, 0.1) is 0 Å². The quantitative estimate of drug-likeness (QED) is 0.190. The smallest absolute Gasteiger partial charge is 0.387 e. The number of carbonyl (C=O) groups excluding carboxylic acids is 1. The van der Waals surface area contributed by atoms with Crippen LogP contribution in [0.4, 0.5) is 14.5 Å². The third-order valence-electron chi connectivity index (χ3n) is 8.50. The number of nitrogens with zero attached hydrogens (tertiary/aromatic N) is 9. The number of alkyl halides is 2. The average molecular weight is 679 g/mol. The van der Waals surface area contributed by atoms with Gasteiger partial charge < -0.3 is 14.8 Å². The van der Waals surface area contributed by atoms with Crippen molar-refractivity contribution in [1.82, 2.24) is 44.3 Å². The van der Waals surface area contributed by atoms with E-state index in [2.05, 4.69) is 30.6 Å². The highest BCUT2D eigenvalue weighted by molar-refractivity contribution is 7.99. The van der Waals surface area contributed by atoms with E-state index in [1.54, 1.807) is 53.2 Å². The van der Waals surface area contributed by atoms with Gasteiger partial charge >= 0.3 is 6.61 Å². The molecule has 48 heavy (non-hydrogen) atoms. The van der Waals surface area contributed by atoms with Gasteiger partial charge in [-0.25, -0.2) is 14.2 Å². The first-order valence-electron chi connectivity index (χ1n) is 16.0. The third kappa shape index (κ3) is 7.05. The lowest BCUT2D eigenvalue weighted by atomic mass is 10.0. The number of hydrogen-bond donors (Lipinski definition) is 1.